The van der Waals surface area contributed by atoms with Crippen molar-refractivity contribution in [2.45, 2.75) is 39.2 Å². The number of methoxy groups -OCH3 is 1. The Morgan fingerprint density at radius 1 is 1.53 bits per heavy atom. The van der Waals surface area contributed by atoms with E-state index in [1.807, 2.05) is 0 Å². The highest BCUT2D eigenvalue weighted by atomic mass is 16.5. The van der Waals surface area contributed by atoms with Crippen LogP contribution in [0.1, 0.15) is 33.1 Å². The number of hydrogen-bond acceptors (Lipinski definition) is 3. The van der Waals surface area contributed by atoms with Crippen LogP contribution in [0.4, 0.5) is 0 Å². The van der Waals surface area contributed by atoms with Crippen LogP contribution < -0.4 is 5.32 Å². The zero-order valence-electron chi connectivity index (χ0n) is 9.95. The summed E-state index contributed by atoms with van der Waals surface area (Å²) in [7, 11) is 1.59. The molecule has 0 heterocycles. The largest absolute Gasteiger partial charge is 0.396 e. The molecule has 0 radical (unpaired) electrons. The predicted octanol–water partition coefficient (Wildman–Crippen LogP) is 0.936. The highest BCUT2D eigenvalue weighted by molar-refractivity contribution is 5.76. The third kappa shape index (κ3) is 7.33. The monoisotopic (exact) mass is 217 g/mol. The van der Waals surface area contributed by atoms with Gasteiger partial charge in [0.2, 0.25) is 5.91 Å². The molecule has 0 aliphatic heterocycles. The smallest absolute Gasteiger partial charge is 0.220 e. The predicted molar refractivity (Wildman–Crippen MR) is 59.6 cm³/mol. The van der Waals surface area contributed by atoms with Crippen LogP contribution in [-0.4, -0.2) is 37.4 Å². The third-order valence-corrected chi connectivity index (χ3v) is 2.44. The third-order valence-electron chi connectivity index (χ3n) is 2.44. The lowest BCUT2D eigenvalue weighted by atomic mass is 10.0. The summed E-state index contributed by atoms with van der Waals surface area (Å²) in [5.41, 5.74) is 0. The van der Waals surface area contributed by atoms with Gasteiger partial charge in [0.1, 0.15) is 0 Å². The number of carbonyl (C=O) groups is 1. The second-order valence-corrected chi connectivity index (χ2v) is 3.95. The molecular weight excluding hydrogens is 194 g/mol. The number of aliphatic hydroxyl groups excluding tert-OH is 1. The van der Waals surface area contributed by atoms with Crippen LogP contribution in [0.15, 0.2) is 0 Å². The fraction of sp³-hybridized carbons (Fsp3) is 0.909. The van der Waals surface area contributed by atoms with E-state index in [1.54, 1.807) is 7.11 Å². The Labute approximate surface area is 92.0 Å². The van der Waals surface area contributed by atoms with Crippen LogP contribution in [0.3, 0.4) is 0 Å². The van der Waals surface area contributed by atoms with Gasteiger partial charge in [-0.15, -0.1) is 0 Å². The van der Waals surface area contributed by atoms with Crippen molar-refractivity contribution >= 4 is 5.91 Å². The number of nitrogens with one attached hydrogen (secondary N) is 1. The van der Waals surface area contributed by atoms with Crippen molar-refractivity contribution < 1.29 is 14.6 Å². The number of carbonyl (C=O) groups excluding carboxylic acids is 1. The van der Waals surface area contributed by atoms with E-state index in [9.17, 15) is 4.79 Å². The molecule has 0 fully saturated rings. The van der Waals surface area contributed by atoms with Crippen molar-refractivity contribution in [2.24, 2.45) is 5.92 Å². The molecule has 0 aromatic carbocycles. The zero-order valence-corrected chi connectivity index (χ0v) is 9.95. The number of hydrogen-bond donors (Lipinski definition) is 2. The molecule has 1 amide bonds. The lowest BCUT2D eigenvalue weighted by Crippen LogP contribution is -2.39. The lowest BCUT2D eigenvalue weighted by Gasteiger charge is -2.18. The molecule has 4 heteroatoms. The molecule has 0 rings (SSSR count). The first kappa shape index (κ1) is 14.4. The van der Waals surface area contributed by atoms with Gasteiger partial charge in [-0.25, -0.2) is 0 Å². The van der Waals surface area contributed by atoms with Crippen LogP contribution in [-0.2, 0) is 9.53 Å². The van der Waals surface area contributed by atoms with E-state index < -0.39 is 0 Å². The standard InChI is InChI=1S/C11H23NO3/c1-4-9(2)7-11(14)12-10(5-6-13)8-15-3/h9-10,13H,4-8H2,1-3H3,(H,12,14). The zero-order chi connectivity index (χ0) is 11.7. The van der Waals surface area contributed by atoms with Crippen LogP contribution in [0.5, 0.6) is 0 Å². The summed E-state index contributed by atoms with van der Waals surface area (Å²) in [6.07, 6.45) is 2.09. The Morgan fingerprint density at radius 3 is 2.67 bits per heavy atom. The molecule has 2 unspecified atom stereocenters. The van der Waals surface area contributed by atoms with Crippen molar-refractivity contribution in [3.63, 3.8) is 0 Å². The first-order chi connectivity index (χ1) is 7.13. The first-order valence-corrected chi connectivity index (χ1v) is 5.53. The summed E-state index contributed by atoms with van der Waals surface area (Å²) in [6, 6.07) is -0.0726. The van der Waals surface area contributed by atoms with Crippen molar-refractivity contribution in [2.75, 3.05) is 20.3 Å². The molecule has 0 aromatic heterocycles. The highest BCUT2D eigenvalue weighted by Gasteiger charge is 2.13. The molecule has 0 aromatic rings. The average Bonchev–Trinajstić information content (AvgIpc) is 2.18. The molecule has 0 bridgehead atoms. The van der Waals surface area contributed by atoms with E-state index in [0.717, 1.165) is 6.42 Å². The summed E-state index contributed by atoms with van der Waals surface area (Å²) in [6.45, 7) is 4.64. The van der Waals surface area contributed by atoms with E-state index in [4.69, 9.17) is 9.84 Å². The van der Waals surface area contributed by atoms with Gasteiger partial charge in [-0.1, -0.05) is 20.3 Å². The fourth-order valence-electron chi connectivity index (χ4n) is 1.30. The van der Waals surface area contributed by atoms with E-state index in [1.165, 1.54) is 0 Å². The van der Waals surface area contributed by atoms with Gasteiger partial charge >= 0.3 is 0 Å². The van der Waals surface area contributed by atoms with Gasteiger partial charge in [0.25, 0.3) is 0 Å². The van der Waals surface area contributed by atoms with E-state index in [-0.39, 0.29) is 18.6 Å². The van der Waals surface area contributed by atoms with Crippen LogP contribution in [0, 0.1) is 5.92 Å². The van der Waals surface area contributed by atoms with Crippen molar-refractivity contribution in [1.29, 1.82) is 0 Å². The molecule has 0 spiro atoms. The molecule has 0 aliphatic rings. The van der Waals surface area contributed by atoms with Gasteiger partial charge in [-0.2, -0.15) is 0 Å². The molecule has 15 heavy (non-hydrogen) atoms. The van der Waals surface area contributed by atoms with Gasteiger partial charge in [-0.05, 0) is 12.3 Å². The Balaban J connectivity index is 3.87. The molecule has 90 valence electrons. The van der Waals surface area contributed by atoms with Crippen LogP contribution >= 0.6 is 0 Å². The lowest BCUT2D eigenvalue weighted by molar-refractivity contribution is -0.123. The quantitative estimate of drug-likeness (QED) is 0.636. The molecule has 0 saturated heterocycles. The summed E-state index contributed by atoms with van der Waals surface area (Å²) in [5, 5.41) is 11.7. The summed E-state index contributed by atoms with van der Waals surface area (Å²) >= 11 is 0. The van der Waals surface area contributed by atoms with Crippen LogP contribution in [0.2, 0.25) is 0 Å². The van der Waals surface area contributed by atoms with Crippen molar-refractivity contribution in [1.82, 2.24) is 5.32 Å². The molecule has 0 saturated carbocycles. The summed E-state index contributed by atoms with van der Waals surface area (Å²) < 4.78 is 4.96. The Hall–Kier alpha value is -0.610. The maximum Gasteiger partial charge on any atom is 0.220 e. The number of rotatable bonds is 8. The Bertz CT molecular complexity index is 167. The average molecular weight is 217 g/mol. The minimum absolute atomic E-state index is 0.0415. The normalized spacial score (nSPS) is 14.7. The van der Waals surface area contributed by atoms with E-state index >= 15 is 0 Å². The maximum atomic E-state index is 11.5. The van der Waals surface area contributed by atoms with Gasteiger partial charge < -0.3 is 15.2 Å². The fourth-order valence-corrected chi connectivity index (χ4v) is 1.30. The topological polar surface area (TPSA) is 58.6 Å². The summed E-state index contributed by atoms with van der Waals surface area (Å²) in [4.78, 5) is 11.5. The minimum Gasteiger partial charge on any atom is -0.396 e. The number of ether oxygens (including phenoxy) is 1. The number of amides is 1. The van der Waals surface area contributed by atoms with Gasteiger partial charge in [0, 0.05) is 20.1 Å². The molecule has 0 aliphatic carbocycles. The van der Waals surface area contributed by atoms with Gasteiger partial charge in [0.15, 0.2) is 0 Å². The van der Waals surface area contributed by atoms with Crippen LogP contribution in [0.25, 0.3) is 0 Å². The maximum absolute atomic E-state index is 11.5. The second kappa shape index (κ2) is 8.68. The molecule has 2 atom stereocenters. The molecular formula is C11H23NO3. The molecule has 4 nitrogen and oxygen atoms in total. The second-order valence-electron chi connectivity index (χ2n) is 3.95. The van der Waals surface area contributed by atoms with Gasteiger partial charge in [-0.3, -0.25) is 4.79 Å². The Kier molecular flexibility index (Phi) is 8.33. The Morgan fingerprint density at radius 2 is 2.20 bits per heavy atom. The number of aliphatic hydroxyl groups is 1. The summed E-state index contributed by atoms with van der Waals surface area (Å²) in [5.74, 6) is 0.446. The SMILES string of the molecule is CCC(C)CC(=O)NC(CCO)COC. The minimum atomic E-state index is -0.0726. The highest BCUT2D eigenvalue weighted by Crippen LogP contribution is 2.06. The van der Waals surface area contributed by atoms with Crippen molar-refractivity contribution in [3.8, 4) is 0 Å². The van der Waals surface area contributed by atoms with E-state index in [0.29, 0.717) is 25.4 Å². The van der Waals surface area contributed by atoms with E-state index in [2.05, 4.69) is 19.2 Å². The van der Waals surface area contributed by atoms with Crippen molar-refractivity contribution in [3.05, 3.63) is 0 Å². The molecule has 2 N–H and O–H groups in total. The van der Waals surface area contributed by atoms with Gasteiger partial charge in [0.05, 0.1) is 12.6 Å². The first-order valence-electron chi connectivity index (χ1n) is 5.53.